The molecule has 0 aromatic carbocycles. The van der Waals surface area contributed by atoms with Crippen LogP contribution in [0.5, 0.6) is 0 Å². The number of rotatable bonds is 7. The van der Waals surface area contributed by atoms with Gasteiger partial charge < -0.3 is 11.5 Å². The van der Waals surface area contributed by atoms with Gasteiger partial charge in [-0.2, -0.15) is 0 Å². The number of hydrogen-bond donors (Lipinski definition) is 2. The Morgan fingerprint density at radius 2 is 1.72 bits per heavy atom. The Hall–Kier alpha value is -1.36. The molecule has 0 atom stereocenters. The highest BCUT2D eigenvalue weighted by Gasteiger charge is 2.22. The maximum Gasteiger partial charge on any atom is 0.218 e. The second-order valence-corrected chi connectivity index (χ2v) is 5.52. The van der Waals surface area contributed by atoms with Crippen molar-refractivity contribution >= 4 is 23.2 Å². The van der Waals surface area contributed by atoms with Gasteiger partial charge in [0.2, 0.25) is 11.8 Å². The zero-order chi connectivity index (χ0) is 13.7. The molecule has 18 heavy (non-hydrogen) atoms. The van der Waals surface area contributed by atoms with Gasteiger partial charge in [-0.25, -0.2) is 0 Å². The fourth-order valence-electron chi connectivity index (χ4n) is 2.04. The van der Waals surface area contributed by atoms with Crippen LogP contribution in [-0.4, -0.2) is 11.8 Å². The average Bonchev–Trinajstić information content (AvgIpc) is 2.69. The van der Waals surface area contributed by atoms with Gasteiger partial charge in [-0.05, 0) is 24.5 Å². The van der Waals surface area contributed by atoms with E-state index in [1.807, 2.05) is 0 Å². The Morgan fingerprint density at radius 1 is 1.17 bits per heavy atom. The lowest BCUT2D eigenvalue weighted by Gasteiger charge is -2.13. The Bertz CT molecular complexity index is 424. The molecule has 5 heteroatoms. The lowest BCUT2D eigenvalue weighted by molar-refractivity contribution is -0.119. The standard InChI is InChI=1S/C13H20N2O2S/c1-3-8-5-10(4-2)18-13(8)9(6-11(14)16)7-12(15)17/h5,9H,3-4,6-7H2,1-2H3,(H2,14,16)(H2,15,17). The zero-order valence-corrected chi connectivity index (χ0v) is 11.7. The molecule has 0 aliphatic rings. The van der Waals surface area contributed by atoms with Gasteiger partial charge in [0, 0.05) is 28.5 Å². The van der Waals surface area contributed by atoms with E-state index in [9.17, 15) is 9.59 Å². The molecular weight excluding hydrogens is 248 g/mol. The highest BCUT2D eigenvalue weighted by molar-refractivity contribution is 7.12. The van der Waals surface area contributed by atoms with Crippen LogP contribution in [0.3, 0.4) is 0 Å². The summed E-state index contributed by atoms with van der Waals surface area (Å²) in [4.78, 5) is 24.6. The first-order chi connectivity index (χ1) is 8.47. The summed E-state index contributed by atoms with van der Waals surface area (Å²) in [5, 5.41) is 0. The molecule has 1 aromatic rings. The van der Waals surface area contributed by atoms with E-state index in [0.29, 0.717) is 0 Å². The molecule has 1 rings (SSSR count). The minimum Gasteiger partial charge on any atom is -0.370 e. The monoisotopic (exact) mass is 268 g/mol. The maximum absolute atomic E-state index is 11.1. The molecule has 0 saturated heterocycles. The van der Waals surface area contributed by atoms with E-state index in [0.717, 1.165) is 17.7 Å². The van der Waals surface area contributed by atoms with Gasteiger partial charge >= 0.3 is 0 Å². The lowest BCUT2D eigenvalue weighted by atomic mass is 9.95. The van der Waals surface area contributed by atoms with Gasteiger partial charge in [-0.1, -0.05) is 13.8 Å². The predicted molar refractivity (Wildman–Crippen MR) is 73.4 cm³/mol. The molecule has 0 unspecified atom stereocenters. The second kappa shape index (κ2) is 6.54. The van der Waals surface area contributed by atoms with Crippen LogP contribution < -0.4 is 11.5 Å². The SMILES string of the molecule is CCc1cc(CC)c(C(CC(N)=O)CC(N)=O)s1. The van der Waals surface area contributed by atoms with Gasteiger partial charge in [0.05, 0.1) is 0 Å². The average molecular weight is 268 g/mol. The van der Waals surface area contributed by atoms with Crippen molar-refractivity contribution in [2.24, 2.45) is 11.5 Å². The Morgan fingerprint density at radius 3 is 2.11 bits per heavy atom. The minimum atomic E-state index is -0.394. The van der Waals surface area contributed by atoms with Crippen molar-refractivity contribution < 1.29 is 9.59 Å². The molecule has 1 aromatic heterocycles. The van der Waals surface area contributed by atoms with Crippen molar-refractivity contribution in [2.45, 2.75) is 45.4 Å². The predicted octanol–water partition coefficient (Wildman–Crippen LogP) is 1.71. The Kier molecular flexibility index (Phi) is 5.34. The highest BCUT2D eigenvalue weighted by Crippen LogP contribution is 2.34. The van der Waals surface area contributed by atoms with Crippen LogP contribution >= 0.6 is 11.3 Å². The highest BCUT2D eigenvalue weighted by atomic mass is 32.1. The minimum absolute atomic E-state index is 0.166. The number of thiophene rings is 1. The van der Waals surface area contributed by atoms with Crippen LogP contribution in [0.15, 0.2) is 6.07 Å². The molecule has 0 bridgehead atoms. The topological polar surface area (TPSA) is 86.2 Å². The third-order valence-electron chi connectivity index (χ3n) is 2.89. The number of nitrogens with two attached hydrogens (primary N) is 2. The van der Waals surface area contributed by atoms with E-state index < -0.39 is 11.8 Å². The summed E-state index contributed by atoms with van der Waals surface area (Å²) < 4.78 is 0. The van der Waals surface area contributed by atoms with Crippen molar-refractivity contribution in [3.8, 4) is 0 Å². The van der Waals surface area contributed by atoms with Crippen LogP contribution in [0.2, 0.25) is 0 Å². The van der Waals surface area contributed by atoms with Gasteiger partial charge in [-0.15, -0.1) is 11.3 Å². The molecule has 4 nitrogen and oxygen atoms in total. The maximum atomic E-state index is 11.1. The molecular formula is C13H20N2O2S. The summed E-state index contributed by atoms with van der Waals surface area (Å²) in [7, 11) is 0. The molecule has 0 aliphatic heterocycles. The van der Waals surface area contributed by atoms with Gasteiger partial charge in [-0.3, -0.25) is 9.59 Å². The van der Waals surface area contributed by atoms with Crippen LogP contribution in [-0.2, 0) is 22.4 Å². The van der Waals surface area contributed by atoms with E-state index in [1.165, 1.54) is 10.4 Å². The van der Waals surface area contributed by atoms with E-state index >= 15 is 0 Å². The summed E-state index contributed by atoms with van der Waals surface area (Å²) in [6.45, 7) is 4.16. The van der Waals surface area contributed by atoms with Crippen molar-refractivity contribution in [2.75, 3.05) is 0 Å². The third-order valence-corrected chi connectivity index (χ3v) is 4.37. The number of carbonyl (C=O) groups excluding carboxylic acids is 2. The molecule has 0 spiro atoms. The first-order valence-corrected chi connectivity index (χ1v) is 6.97. The fourth-order valence-corrected chi connectivity index (χ4v) is 3.34. The number of hydrogen-bond acceptors (Lipinski definition) is 3. The molecule has 0 fully saturated rings. The molecule has 1 heterocycles. The quantitative estimate of drug-likeness (QED) is 0.788. The molecule has 4 N–H and O–H groups in total. The van der Waals surface area contributed by atoms with Crippen molar-refractivity contribution in [1.82, 2.24) is 0 Å². The Labute approximate surface area is 111 Å². The van der Waals surface area contributed by atoms with Crippen LogP contribution in [0.4, 0.5) is 0 Å². The van der Waals surface area contributed by atoms with Crippen molar-refractivity contribution in [3.05, 3.63) is 21.4 Å². The Balaban J connectivity index is 3.05. The summed E-state index contributed by atoms with van der Waals surface area (Å²) in [6.07, 6.45) is 2.20. The van der Waals surface area contributed by atoms with Gasteiger partial charge in [0.15, 0.2) is 0 Å². The summed E-state index contributed by atoms with van der Waals surface area (Å²) in [5.74, 6) is -0.954. The third kappa shape index (κ3) is 3.84. The molecule has 0 aliphatic carbocycles. The summed E-state index contributed by atoms with van der Waals surface area (Å²) in [6, 6.07) is 2.15. The largest absolute Gasteiger partial charge is 0.370 e. The summed E-state index contributed by atoms with van der Waals surface area (Å²) in [5.41, 5.74) is 11.7. The molecule has 0 radical (unpaired) electrons. The molecule has 2 amide bonds. The normalized spacial score (nSPS) is 10.8. The number of primary amides is 2. The van der Waals surface area contributed by atoms with E-state index in [-0.39, 0.29) is 18.8 Å². The number of amides is 2. The molecule has 0 saturated carbocycles. The lowest BCUT2D eigenvalue weighted by Crippen LogP contribution is -2.20. The number of carbonyl (C=O) groups is 2. The second-order valence-electron chi connectivity index (χ2n) is 4.35. The van der Waals surface area contributed by atoms with Crippen LogP contribution in [0.25, 0.3) is 0 Å². The van der Waals surface area contributed by atoms with Gasteiger partial charge in [0.25, 0.3) is 0 Å². The first-order valence-electron chi connectivity index (χ1n) is 6.15. The van der Waals surface area contributed by atoms with E-state index in [2.05, 4.69) is 19.9 Å². The summed E-state index contributed by atoms with van der Waals surface area (Å²) >= 11 is 1.66. The van der Waals surface area contributed by atoms with Crippen LogP contribution in [0.1, 0.15) is 47.9 Å². The van der Waals surface area contributed by atoms with Crippen molar-refractivity contribution in [1.29, 1.82) is 0 Å². The van der Waals surface area contributed by atoms with Crippen molar-refractivity contribution in [3.63, 3.8) is 0 Å². The fraction of sp³-hybridized carbons (Fsp3) is 0.538. The zero-order valence-electron chi connectivity index (χ0n) is 10.9. The number of aryl methyl sites for hydroxylation is 2. The van der Waals surface area contributed by atoms with Crippen LogP contribution in [0, 0.1) is 0 Å². The van der Waals surface area contributed by atoms with Gasteiger partial charge in [0.1, 0.15) is 0 Å². The van der Waals surface area contributed by atoms with E-state index in [1.54, 1.807) is 11.3 Å². The molecule has 100 valence electrons. The smallest absolute Gasteiger partial charge is 0.218 e. The first kappa shape index (κ1) is 14.7. The van der Waals surface area contributed by atoms with E-state index in [4.69, 9.17) is 11.5 Å².